The summed E-state index contributed by atoms with van der Waals surface area (Å²) in [4.78, 5) is 4.37. The van der Waals surface area contributed by atoms with Crippen LogP contribution >= 0.6 is 0 Å². The van der Waals surface area contributed by atoms with Crippen molar-refractivity contribution >= 4 is 15.7 Å². The first-order valence-corrected chi connectivity index (χ1v) is 7.85. The average Bonchev–Trinajstić information content (AvgIpc) is 3.07. The molecule has 0 spiro atoms. The molecular weight excluding hydrogens is 236 g/mol. The van der Waals surface area contributed by atoms with Gasteiger partial charge in [-0.1, -0.05) is 12.8 Å². The van der Waals surface area contributed by atoms with Gasteiger partial charge >= 0.3 is 0 Å². The molecule has 0 radical (unpaired) electrons. The highest BCUT2D eigenvalue weighted by atomic mass is 32.2. The van der Waals surface area contributed by atoms with E-state index in [4.69, 9.17) is 0 Å². The summed E-state index contributed by atoms with van der Waals surface area (Å²) in [7, 11) is -3.20. The molecule has 1 N–H and O–H groups in total. The zero-order valence-electron chi connectivity index (χ0n) is 10.0. The van der Waals surface area contributed by atoms with Gasteiger partial charge in [0.05, 0.1) is 0 Å². The van der Waals surface area contributed by atoms with E-state index < -0.39 is 9.84 Å². The van der Waals surface area contributed by atoms with Crippen molar-refractivity contribution in [3.05, 3.63) is 18.3 Å². The molecule has 0 aliphatic heterocycles. The molecule has 0 saturated heterocycles. The fourth-order valence-corrected chi connectivity index (χ4v) is 2.63. The highest BCUT2D eigenvalue weighted by Crippen LogP contribution is 2.33. The number of hydrogen-bond donors (Lipinski definition) is 1. The van der Waals surface area contributed by atoms with E-state index in [0.717, 1.165) is 18.9 Å². The number of sulfone groups is 1. The molecule has 0 bridgehead atoms. The molecule has 1 aliphatic rings. The van der Waals surface area contributed by atoms with Gasteiger partial charge in [0.2, 0.25) is 0 Å². The van der Waals surface area contributed by atoms with Crippen LogP contribution in [0.15, 0.2) is 23.2 Å². The summed E-state index contributed by atoms with van der Waals surface area (Å²) >= 11 is 0. The minimum absolute atomic E-state index is 0.284. The summed E-state index contributed by atoms with van der Waals surface area (Å²) in [5.74, 6) is 1.39. The van der Waals surface area contributed by atoms with Gasteiger partial charge in [-0.2, -0.15) is 0 Å². The Bertz CT molecular complexity index is 481. The number of aromatic nitrogens is 1. The second-order valence-corrected chi connectivity index (χ2v) is 6.62. The SMILES string of the molecule is CS(=O)(=O)c1cccnc1NCCCC1CC1. The van der Waals surface area contributed by atoms with Crippen LogP contribution in [0.1, 0.15) is 25.7 Å². The van der Waals surface area contributed by atoms with Gasteiger partial charge in [0.1, 0.15) is 10.7 Å². The number of nitrogens with zero attached hydrogens (tertiary/aromatic N) is 1. The molecular formula is C12H18N2O2S. The molecule has 5 heteroatoms. The lowest BCUT2D eigenvalue weighted by atomic mass is 10.2. The molecule has 0 aromatic carbocycles. The van der Waals surface area contributed by atoms with Crippen molar-refractivity contribution in [3.8, 4) is 0 Å². The van der Waals surface area contributed by atoms with Crippen LogP contribution in [0.3, 0.4) is 0 Å². The van der Waals surface area contributed by atoms with E-state index >= 15 is 0 Å². The Morgan fingerprint density at radius 1 is 1.47 bits per heavy atom. The van der Waals surface area contributed by atoms with Crippen molar-refractivity contribution in [2.45, 2.75) is 30.6 Å². The quantitative estimate of drug-likeness (QED) is 0.790. The van der Waals surface area contributed by atoms with E-state index in [9.17, 15) is 8.42 Å². The molecule has 4 nitrogen and oxygen atoms in total. The number of hydrogen-bond acceptors (Lipinski definition) is 4. The molecule has 1 aliphatic carbocycles. The van der Waals surface area contributed by atoms with Gasteiger partial charge in [0, 0.05) is 19.0 Å². The van der Waals surface area contributed by atoms with Crippen LogP contribution in [0, 0.1) is 5.92 Å². The second-order valence-electron chi connectivity index (χ2n) is 4.63. The Morgan fingerprint density at radius 2 is 2.24 bits per heavy atom. The second kappa shape index (κ2) is 5.04. The van der Waals surface area contributed by atoms with Gasteiger partial charge in [-0.05, 0) is 30.9 Å². The van der Waals surface area contributed by atoms with Crippen molar-refractivity contribution < 1.29 is 8.42 Å². The van der Waals surface area contributed by atoms with Crippen molar-refractivity contribution in [1.29, 1.82) is 0 Å². The average molecular weight is 254 g/mol. The molecule has 94 valence electrons. The van der Waals surface area contributed by atoms with Crippen molar-refractivity contribution in [2.24, 2.45) is 5.92 Å². The van der Waals surface area contributed by atoms with Crippen LogP contribution in [0.25, 0.3) is 0 Å². The van der Waals surface area contributed by atoms with Gasteiger partial charge in [-0.25, -0.2) is 13.4 Å². The van der Waals surface area contributed by atoms with Crippen molar-refractivity contribution in [3.63, 3.8) is 0 Å². The Labute approximate surface area is 102 Å². The third-order valence-corrected chi connectivity index (χ3v) is 4.08. The lowest BCUT2D eigenvalue weighted by Gasteiger charge is -2.09. The van der Waals surface area contributed by atoms with E-state index in [1.807, 2.05) is 0 Å². The molecule has 2 rings (SSSR count). The van der Waals surface area contributed by atoms with Gasteiger partial charge in [-0.3, -0.25) is 0 Å². The molecule has 1 aromatic rings. The zero-order chi connectivity index (χ0) is 12.3. The van der Waals surface area contributed by atoms with Gasteiger partial charge in [-0.15, -0.1) is 0 Å². The Balaban J connectivity index is 1.94. The highest BCUT2D eigenvalue weighted by Gasteiger charge is 2.20. The Morgan fingerprint density at radius 3 is 2.88 bits per heavy atom. The minimum Gasteiger partial charge on any atom is -0.369 e. The predicted octanol–water partition coefficient (Wildman–Crippen LogP) is 2.09. The molecule has 0 amide bonds. The Hall–Kier alpha value is -1.10. The molecule has 1 aromatic heterocycles. The topological polar surface area (TPSA) is 59.1 Å². The number of pyridine rings is 1. The zero-order valence-corrected chi connectivity index (χ0v) is 10.8. The standard InChI is InChI=1S/C12H18N2O2S/c1-17(15,16)11-5-3-9-14-12(11)13-8-2-4-10-6-7-10/h3,5,9-10H,2,4,6-8H2,1H3,(H,13,14). The normalized spacial score (nSPS) is 15.8. The summed E-state index contributed by atoms with van der Waals surface area (Å²) in [6.45, 7) is 0.788. The van der Waals surface area contributed by atoms with E-state index in [2.05, 4.69) is 10.3 Å². The van der Waals surface area contributed by atoms with Crippen LogP contribution in [0.2, 0.25) is 0 Å². The summed E-state index contributed by atoms with van der Waals surface area (Å²) < 4.78 is 23.0. The molecule has 1 heterocycles. The van der Waals surface area contributed by atoms with E-state index in [1.54, 1.807) is 18.3 Å². The molecule has 0 unspecified atom stereocenters. The minimum atomic E-state index is -3.20. The molecule has 0 atom stereocenters. The van der Waals surface area contributed by atoms with Crippen LogP contribution in [0.4, 0.5) is 5.82 Å². The number of anilines is 1. The first-order valence-electron chi connectivity index (χ1n) is 5.96. The molecule has 1 fully saturated rings. The first kappa shape index (κ1) is 12.4. The lowest BCUT2D eigenvalue weighted by Crippen LogP contribution is -2.09. The third kappa shape index (κ3) is 3.70. The van der Waals surface area contributed by atoms with E-state index in [-0.39, 0.29) is 4.90 Å². The predicted molar refractivity (Wildman–Crippen MR) is 67.8 cm³/mol. The van der Waals surface area contributed by atoms with Gasteiger partial charge < -0.3 is 5.32 Å². The van der Waals surface area contributed by atoms with Gasteiger partial charge in [0.25, 0.3) is 0 Å². The summed E-state index contributed by atoms with van der Waals surface area (Å²) in [5, 5.41) is 3.11. The molecule has 1 saturated carbocycles. The van der Waals surface area contributed by atoms with Crippen molar-refractivity contribution in [1.82, 2.24) is 4.98 Å². The Kier molecular flexibility index (Phi) is 3.66. The maximum Gasteiger partial charge on any atom is 0.179 e. The maximum absolute atomic E-state index is 11.5. The number of nitrogens with one attached hydrogen (secondary N) is 1. The monoisotopic (exact) mass is 254 g/mol. The van der Waals surface area contributed by atoms with Crippen LogP contribution in [-0.4, -0.2) is 26.2 Å². The lowest BCUT2D eigenvalue weighted by molar-refractivity contribution is 0.601. The van der Waals surface area contributed by atoms with E-state index in [0.29, 0.717) is 5.82 Å². The maximum atomic E-state index is 11.5. The fourth-order valence-electron chi connectivity index (χ4n) is 1.83. The first-order chi connectivity index (χ1) is 8.07. The smallest absolute Gasteiger partial charge is 0.179 e. The van der Waals surface area contributed by atoms with Crippen LogP contribution in [-0.2, 0) is 9.84 Å². The van der Waals surface area contributed by atoms with E-state index in [1.165, 1.54) is 25.5 Å². The summed E-state index contributed by atoms with van der Waals surface area (Å²) in [6, 6.07) is 3.23. The molecule has 17 heavy (non-hydrogen) atoms. The number of rotatable bonds is 6. The summed E-state index contributed by atoms with van der Waals surface area (Å²) in [6.07, 6.45) is 7.84. The van der Waals surface area contributed by atoms with Crippen LogP contribution in [0.5, 0.6) is 0 Å². The van der Waals surface area contributed by atoms with Crippen molar-refractivity contribution in [2.75, 3.05) is 18.1 Å². The largest absolute Gasteiger partial charge is 0.369 e. The fraction of sp³-hybridized carbons (Fsp3) is 0.583. The van der Waals surface area contributed by atoms with Crippen LogP contribution < -0.4 is 5.32 Å². The third-order valence-electron chi connectivity index (χ3n) is 2.95. The van der Waals surface area contributed by atoms with Gasteiger partial charge in [0.15, 0.2) is 9.84 Å². The summed E-state index contributed by atoms with van der Waals surface area (Å²) in [5.41, 5.74) is 0. The highest BCUT2D eigenvalue weighted by molar-refractivity contribution is 7.90.